The van der Waals surface area contributed by atoms with Gasteiger partial charge in [0, 0.05) is 41.9 Å². The molecule has 8 heteroatoms. The predicted octanol–water partition coefficient (Wildman–Crippen LogP) is 2.64. The molecule has 0 saturated carbocycles. The first-order chi connectivity index (χ1) is 12.4. The molecular weight excluding hydrogens is 418 g/mol. The number of nitrogens with zero attached hydrogens (tertiary/aromatic N) is 2. The van der Waals surface area contributed by atoms with Crippen molar-refractivity contribution in [2.24, 2.45) is 0 Å². The fourth-order valence-electron chi connectivity index (χ4n) is 2.72. The number of likely N-dealkylation sites (N-methyl/N-ethyl adjacent to an activating group) is 1. The van der Waals surface area contributed by atoms with E-state index in [0.29, 0.717) is 37.4 Å². The number of hydrogen-bond acceptors (Lipinski definition) is 4. The molecule has 3 rings (SSSR count). The topological polar surface area (TPSA) is 69.7 Å². The largest absolute Gasteiger partial charge is 0.322 e. The molecule has 138 valence electrons. The van der Waals surface area contributed by atoms with Crippen molar-refractivity contribution < 1.29 is 13.2 Å². The highest BCUT2D eigenvalue weighted by Crippen LogP contribution is 2.21. The summed E-state index contributed by atoms with van der Waals surface area (Å²) in [5, 5.41) is 2.75. The van der Waals surface area contributed by atoms with Crippen molar-refractivity contribution in [3.05, 3.63) is 58.6 Å². The summed E-state index contributed by atoms with van der Waals surface area (Å²) < 4.78 is 28.0. The number of anilines is 1. The summed E-state index contributed by atoms with van der Waals surface area (Å²) in [6, 6.07) is 13.3. The van der Waals surface area contributed by atoms with Crippen molar-refractivity contribution >= 4 is 37.5 Å². The number of carbonyl (C=O) groups is 1. The molecule has 1 fully saturated rings. The summed E-state index contributed by atoms with van der Waals surface area (Å²) in [6.45, 7) is 2.35. The minimum atomic E-state index is -3.56. The second kappa shape index (κ2) is 7.87. The van der Waals surface area contributed by atoms with E-state index in [1.807, 2.05) is 7.05 Å². The first kappa shape index (κ1) is 19.0. The van der Waals surface area contributed by atoms with Gasteiger partial charge in [-0.05, 0) is 49.5 Å². The maximum absolute atomic E-state index is 12.8. The minimum Gasteiger partial charge on any atom is -0.322 e. The molecule has 1 aliphatic rings. The number of amides is 1. The van der Waals surface area contributed by atoms with Crippen LogP contribution in [-0.4, -0.2) is 56.8 Å². The zero-order valence-electron chi connectivity index (χ0n) is 14.4. The third-order valence-corrected chi connectivity index (χ3v) is 6.72. The maximum Gasteiger partial charge on any atom is 0.255 e. The van der Waals surface area contributed by atoms with Gasteiger partial charge >= 0.3 is 0 Å². The lowest BCUT2D eigenvalue weighted by atomic mass is 10.2. The van der Waals surface area contributed by atoms with E-state index in [9.17, 15) is 13.2 Å². The van der Waals surface area contributed by atoms with Crippen molar-refractivity contribution in [1.82, 2.24) is 9.21 Å². The molecule has 0 aromatic heterocycles. The number of halogens is 1. The van der Waals surface area contributed by atoms with Gasteiger partial charge < -0.3 is 10.2 Å². The molecule has 1 heterocycles. The van der Waals surface area contributed by atoms with E-state index < -0.39 is 10.0 Å². The van der Waals surface area contributed by atoms with E-state index in [1.54, 1.807) is 42.5 Å². The molecule has 0 bridgehead atoms. The number of sulfonamides is 1. The molecule has 2 aromatic carbocycles. The zero-order valence-corrected chi connectivity index (χ0v) is 16.8. The monoisotopic (exact) mass is 437 g/mol. The number of nitrogens with one attached hydrogen (secondary N) is 1. The fourth-order valence-corrected chi connectivity index (χ4v) is 4.45. The first-order valence-electron chi connectivity index (χ1n) is 8.22. The van der Waals surface area contributed by atoms with Gasteiger partial charge in [-0.2, -0.15) is 4.31 Å². The van der Waals surface area contributed by atoms with Crippen LogP contribution < -0.4 is 5.32 Å². The van der Waals surface area contributed by atoms with Crippen LogP contribution >= 0.6 is 15.9 Å². The van der Waals surface area contributed by atoms with Gasteiger partial charge in [0.1, 0.15) is 0 Å². The number of benzene rings is 2. The minimum absolute atomic E-state index is 0.190. The van der Waals surface area contributed by atoms with Crippen LogP contribution in [0.2, 0.25) is 0 Å². The van der Waals surface area contributed by atoms with Gasteiger partial charge in [0.05, 0.1) is 4.90 Å². The molecule has 6 nitrogen and oxygen atoms in total. The maximum atomic E-state index is 12.8. The zero-order chi connectivity index (χ0) is 18.7. The first-order valence-corrected chi connectivity index (χ1v) is 10.5. The Morgan fingerprint density at radius 2 is 1.69 bits per heavy atom. The molecule has 1 saturated heterocycles. The number of carbonyl (C=O) groups excluding carboxylic acids is 1. The van der Waals surface area contributed by atoms with Gasteiger partial charge in [0.25, 0.3) is 5.91 Å². The number of rotatable bonds is 4. The molecule has 0 unspecified atom stereocenters. The van der Waals surface area contributed by atoms with Crippen LogP contribution in [0, 0.1) is 0 Å². The average molecular weight is 438 g/mol. The molecule has 1 amide bonds. The van der Waals surface area contributed by atoms with E-state index in [-0.39, 0.29) is 10.8 Å². The number of piperazine rings is 1. The predicted molar refractivity (Wildman–Crippen MR) is 105 cm³/mol. The Morgan fingerprint density at radius 3 is 2.35 bits per heavy atom. The van der Waals surface area contributed by atoms with E-state index >= 15 is 0 Å². The Bertz CT molecular complexity index is 892. The smallest absolute Gasteiger partial charge is 0.255 e. The number of hydrogen-bond donors (Lipinski definition) is 1. The van der Waals surface area contributed by atoms with Gasteiger partial charge in [0.2, 0.25) is 10.0 Å². The fraction of sp³-hybridized carbons (Fsp3) is 0.278. The average Bonchev–Trinajstić information content (AvgIpc) is 2.63. The summed E-state index contributed by atoms with van der Waals surface area (Å²) >= 11 is 3.33. The quantitative estimate of drug-likeness (QED) is 0.797. The summed E-state index contributed by atoms with van der Waals surface area (Å²) in [5.41, 5.74) is 0.952. The van der Waals surface area contributed by atoms with E-state index in [0.717, 1.165) is 4.47 Å². The van der Waals surface area contributed by atoms with Gasteiger partial charge in [-0.3, -0.25) is 4.79 Å². The molecule has 0 spiro atoms. The molecule has 0 radical (unpaired) electrons. The Labute approximate surface area is 162 Å². The standard InChI is InChI=1S/C18H20BrN3O3S/c1-21-9-11-22(12-10-21)26(24,25)17-4-2-3-16(13-17)20-18(23)14-5-7-15(19)8-6-14/h2-8,13H,9-12H2,1H3,(H,20,23). The van der Waals surface area contributed by atoms with E-state index in [4.69, 9.17) is 0 Å². The lowest BCUT2D eigenvalue weighted by Gasteiger charge is -2.31. The summed E-state index contributed by atoms with van der Waals surface area (Å²) in [6.07, 6.45) is 0. The molecule has 1 N–H and O–H groups in total. The van der Waals surface area contributed by atoms with Crippen LogP contribution in [0.5, 0.6) is 0 Å². The molecule has 26 heavy (non-hydrogen) atoms. The summed E-state index contributed by atoms with van der Waals surface area (Å²) in [4.78, 5) is 14.6. The molecule has 2 aromatic rings. The van der Waals surface area contributed by atoms with Crippen molar-refractivity contribution in [1.29, 1.82) is 0 Å². The second-order valence-electron chi connectivity index (χ2n) is 6.20. The van der Waals surface area contributed by atoms with Crippen LogP contribution in [0.15, 0.2) is 57.9 Å². The van der Waals surface area contributed by atoms with Gasteiger partial charge in [-0.15, -0.1) is 0 Å². The van der Waals surface area contributed by atoms with Crippen LogP contribution in [0.1, 0.15) is 10.4 Å². The van der Waals surface area contributed by atoms with Crippen LogP contribution in [0.4, 0.5) is 5.69 Å². The summed E-state index contributed by atoms with van der Waals surface area (Å²) in [5.74, 6) is -0.286. The highest BCUT2D eigenvalue weighted by Gasteiger charge is 2.27. The van der Waals surface area contributed by atoms with Crippen LogP contribution in [-0.2, 0) is 10.0 Å². The Balaban J connectivity index is 1.77. The third kappa shape index (κ3) is 4.32. The van der Waals surface area contributed by atoms with Crippen LogP contribution in [0.3, 0.4) is 0 Å². The highest BCUT2D eigenvalue weighted by molar-refractivity contribution is 9.10. The normalized spacial score (nSPS) is 16.4. The van der Waals surface area contributed by atoms with Gasteiger partial charge in [-0.25, -0.2) is 8.42 Å². The summed E-state index contributed by atoms with van der Waals surface area (Å²) in [7, 11) is -1.59. The Kier molecular flexibility index (Phi) is 5.76. The van der Waals surface area contributed by atoms with Crippen molar-refractivity contribution in [3.63, 3.8) is 0 Å². The molecule has 1 aliphatic heterocycles. The van der Waals surface area contributed by atoms with Crippen molar-refractivity contribution in [3.8, 4) is 0 Å². The van der Waals surface area contributed by atoms with E-state index in [1.165, 1.54) is 10.4 Å². The Morgan fingerprint density at radius 1 is 1.04 bits per heavy atom. The van der Waals surface area contributed by atoms with Crippen LogP contribution in [0.25, 0.3) is 0 Å². The molecular formula is C18H20BrN3O3S. The van der Waals surface area contributed by atoms with Crippen molar-refractivity contribution in [2.75, 3.05) is 38.5 Å². The van der Waals surface area contributed by atoms with Crippen molar-refractivity contribution in [2.45, 2.75) is 4.90 Å². The Hall–Kier alpha value is -1.74. The van der Waals surface area contributed by atoms with E-state index in [2.05, 4.69) is 26.1 Å². The van der Waals surface area contributed by atoms with Gasteiger partial charge in [-0.1, -0.05) is 22.0 Å². The SMILES string of the molecule is CN1CCN(S(=O)(=O)c2cccc(NC(=O)c3ccc(Br)cc3)c2)CC1. The highest BCUT2D eigenvalue weighted by atomic mass is 79.9. The van der Waals surface area contributed by atoms with Gasteiger partial charge in [0.15, 0.2) is 0 Å². The third-order valence-electron chi connectivity index (χ3n) is 4.30. The molecule has 0 atom stereocenters. The lowest BCUT2D eigenvalue weighted by molar-refractivity contribution is 0.102. The molecule has 0 aliphatic carbocycles. The second-order valence-corrected chi connectivity index (χ2v) is 9.05. The lowest BCUT2D eigenvalue weighted by Crippen LogP contribution is -2.47.